The first-order valence-electron chi connectivity index (χ1n) is 8.07. The molecular weight excluding hydrogens is 330 g/mol. The Balaban J connectivity index is 1.86. The van der Waals surface area contributed by atoms with Crippen LogP contribution in [0.25, 0.3) is 6.08 Å². The Bertz CT molecular complexity index is 633. The summed E-state index contributed by atoms with van der Waals surface area (Å²) in [4.78, 5) is 27.7. The van der Waals surface area contributed by atoms with E-state index in [1.807, 2.05) is 13.8 Å². The number of halogens is 1. The van der Waals surface area contributed by atoms with E-state index in [0.29, 0.717) is 44.4 Å². The largest absolute Gasteiger partial charge is 0.355 e. The quantitative estimate of drug-likeness (QED) is 0.790. The third kappa shape index (κ3) is 4.58. The smallest absolute Gasteiger partial charge is 0.246 e. The summed E-state index contributed by atoms with van der Waals surface area (Å²) < 4.78 is 1.58. The van der Waals surface area contributed by atoms with E-state index >= 15 is 0 Å². The second-order valence-corrected chi connectivity index (χ2v) is 6.16. The molecule has 1 fully saturated rings. The first kappa shape index (κ1) is 18.5. The van der Waals surface area contributed by atoms with Crippen LogP contribution in [0, 0.1) is 6.92 Å². The highest BCUT2D eigenvalue weighted by molar-refractivity contribution is 6.31. The predicted molar refractivity (Wildman–Crippen MR) is 93.7 cm³/mol. The Hall–Kier alpha value is -1.86. The molecule has 0 unspecified atom stereocenters. The summed E-state index contributed by atoms with van der Waals surface area (Å²) in [7, 11) is 1.77. The molecule has 7 nitrogen and oxygen atoms in total. The summed E-state index contributed by atoms with van der Waals surface area (Å²) in [6.07, 6.45) is 3.25. The van der Waals surface area contributed by atoms with Gasteiger partial charge in [-0.05, 0) is 19.9 Å². The van der Waals surface area contributed by atoms with Gasteiger partial charge in [0.05, 0.1) is 12.2 Å². The molecule has 0 bridgehead atoms. The number of hydrogen-bond donors (Lipinski definition) is 1. The zero-order valence-electron chi connectivity index (χ0n) is 14.4. The fraction of sp³-hybridized carbons (Fsp3) is 0.562. The van der Waals surface area contributed by atoms with Crippen LogP contribution in [0.15, 0.2) is 6.08 Å². The monoisotopic (exact) mass is 353 g/mol. The highest BCUT2D eigenvalue weighted by Gasteiger charge is 2.21. The van der Waals surface area contributed by atoms with Gasteiger partial charge in [-0.1, -0.05) is 11.6 Å². The van der Waals surface area contributed by atoms with Gasteiger partial charge in [-0.25, -0.2) is 0 Å². The molecule has 24 heavy (non-hydrogen) atoms. The third-order valence-electron chi connectivity index (χ3n) is 4.01. The number of rotatable bonds is 5. The summed E-state index contributed by atoms with van der Waals surface area (Å²) in [5.74, 6) is -0.0224. The molecule has 1 aliphatic heterocycles. The maximum Gasteiger partial charge on any atom is 0.246 e. The number of amides is 2. The molecule has 1 aliphatic rings. The molecule has 1 aromatic heterocycles. The topological polar surface area (TPSA) is 70.5 Å². The van der Waals surface area contributed by atoms with Crippen molar-refractivity contribution in [3.8, 4) is 0 Å². The van der Waals surface area contributed by atoms with E-state index in [1.165, 1.54) is 6.08 Å². The summed E-state index contributed by atoms with van der Waals surface area (Å²) in [5.41, 5.74) is 1.56. The van der Waals surface area contributed by atoms with E-state index in [1.54, 1.807) is 22.7 Å². The first-order valence-corrected chi connectivity index (χ1v) is 8.45. The number of nitrogens with one attached hydrogen (secondary N) is 1. The maximum absolute atomic E-state index is 12.3. The van der Waals surface area contributed by atoms with Crippen LogP contribution in [0.4, 0.5) is 0 Å². The Morgan fingerprint density at radius 1 is 1.29 bits per heavy atom. The van der Waals surface area contributed by atoms with Crippen LogP contribution in [0.3, 0.4) is 0 Å². The molecule has 1 aromatic rings. The Kier molecular flexibility index (Phi) is 6.39. The number of aryl methyl sites for hydroxylation is 2. The van der Waals surface area contributed by atoms with Crippen molar-refractivity contribution >= 4 is 29.5 Å². The number of nitrogens with zero attached hydrogens (tertiary/aromatic N) is 4. The maximum atomic E-state index is 12.3. The van der Waals surface area contributed by atoms with Crippen LogP contribution in [0.5, 0.6) is 0 Å². The van der Waals surface area contributed by atoms with Crippen LogP contribution in [0.1, 0.15) is 18.2 Å². The molecule has 1 N–H and O–H groups in total. The lowest BCUT2D eigenvalue weighted by molar-refractivity contribution is -0.128. The van der Waals surface area contributed by atoms with Crippen molar-refractivity contribution in [3.05, 3.63) is 22.5 Å². The van der Waals surface area contributed by atoms with E-state index < -0.39 is 0 Å². The van der Waals surface area contributed by atoms with E-state index in [4.69, 9.17) is 11.6 Å². The summed E-state index contributed by atoms with van der Waals surface area (Å²) >= 11 is 6.16. The molecule has 2 amide bonds. The van der Waals surface area contributed by atoms with Crippen molar-refractivity contribution in [2.75, 3.05) is 39.3 Å². The average molecular weight is 354 g/mol. The Labute approximate surface area is 147 Å². The normalized spacial score (nSPS) is 15.9. The van der Waals surface area contributed by atoms with Crippen LogP contribution in [-0.4, -0.2) is 70.7 Å². The van der Waals surface area contributed by atoms with Gasteiger partial charge in [0.15, 0.2) is 0 Å². The van der Waals surface area contributed by atoms with Crippen molar-refractivity contribution < 1.29 is 9.59 Å². The molecular formula is C16H24ClN5O2. The zero-order chi connectivity index (χ0) is 17.7. The first-order chi connectivity index (χ1) is 11.4. The number of likely N-dealkylation sites (N-methyl/N-ethyl adjacent to an activating group) is 1. The minimum absolute atomic E-state index is 0.0267. The summed E-state index contributed by atoms with van der Waals surface area (Å²) in [5, 5.41) is 7.52. The van der Waals surface area contributed by atoms with Gasteiger partial charge in [0, 0.05) is 51.4 Å². The van der Waals surface area contributed by atoms with Gasteiger partial charge in [0.1, 0.15) is 5.15 Å². The molecule has 0 aromatic carbocycles. The molecule has 2 heterocycles. The number of aromatic nitrogens is 2. The van der Waals surface area contributed by atoms with Crippen LogP contribution >= 0.6 is 11.6 Å². The van der Waals surface area contributed by atoms with Crippen LogP contribution in [0.2, 0.25) is 5.15 Å². The SMILES string of the molecule is CCNC(=O)CN1CCN(C(=O)/C=C/c2c(C)nn(C)c2Cl)CC1. The molecule has 1 saturated heterocycles. The van der Waals surface area contributed by atoms with Crippen LogP contribution < -0.4 is 5.32 Å². The molecule has 8 heteroatoms. The molecule has 0 saturated carbocycles. The fourth-order valence-electron chi connectivity index (χ4n) is 2.68. The van der Waals surface area contributed by atoms with Gasteiger partial charge in [-0.15, -0.1) is 0 Å². The van der Waals surface area contributed by atoms with Crippen molar-refractivity contribution in [1.82, 2.24) is 24.9 Å². The Morgan fingerprint density at radius 2 is 1.96 bits per heavy atom. The molecule has 132 valence electrons. The lowest BCUT2D eigenvalue weighted by Gasteiger charge is -2.33. The third-order valence-corrected chi connectivity index (χ3v) is 4.46. The standard InChI is InChI=1S/C16H24ClN5O2/c1-4-18-14(23)11-21-7-9-22(10-8-21)15(24)6-5-13-12(2)19-20(3)16(13)17/h5-6H,4,7-11H2,1-3H3,(H,18,23)/b6-5+. The van der Waals surface area contributed by atoms with Crippen molar-refractivity contribution in [2.45, 2.75) is 13.8 Å². The van der Waals surface area contributed by atoms with Gasteiger partial charge >= 0.3 is 0 Å². The van der Waals surface area contributed by atoms with Crippen LogP contribution in [-0.2, 0) is 16.6 Å². The minimum atomic E-state index is -0.0491. The van der Waals surface area contributed by atoms with Crippen molar-refractivity contribution in [3.63, 3.8) is 0 Å². The van der Waals surface area contributed by atoms with Gasteiger partial charge < -0.3 is 10.2 Å². The number of carbonyl (C=O) groups is 2. The number of hydrogen-bond acceptors (Lipinski definition) is 4. The summed E-state index contributed by atoms with van der Waals surface area (Å²) in [6.45, 7) is 7.40. The Morgan fingerprint density at radius 3 is 2.50 bits per heavy atom. The van der Waals surface area contributed by atoms with E-state index in [0.717, 1.165) is 11.3 Å². The van der Waals surface area contributed by atoms with Gasteiger partial charge in [0.2, 0.25) is 11.8 Å². The second kappa shape index (κ2) is 8.30. The van der Waals surface area contributed by atoms with E-state index in [9.17, 15) is 9.59 Å². The highest BCUT2D eigenvalue weighted by atomic mass is 35.5. The average Bonchev–Trinajstić information content (AvgIpc) is 2.78. The van der Waals surface area contributed by atoms with Gasteiger partial charge in [-0.2, -0.15) is 5.10 Å². The lowest BCUT2D eigenvalue weighted by Crippen LogP contribution is -2.50. The van der Waals surface area contributed by atoms with E-state index in [-0.39, 0.29) is 11.8 Å². The minimum Gasteiger partial charge on any atom is -0.355 e. The second-order valence-electron chi connectivity index (χ2n) is 5.80. The zero-order valence-corrected chi connectivity index (χ0v) is 15.1. The fourth-order valence-corrected chi connectivity index (χ4v) is 2.92. The van der Waals surface area contributed by atoms with Crippen molar-refractivity contribution in [1.29, 1.82) is 0 Å². The molecule has 0 radical (unpaired) electrons. The number of carbonyl (C=O) groups excluding carboxylic acids is 2. The molecule has 2 rings (SSSR count). The van der Waals surface area contributed by atoms with Gasteiger partial charge in [0.25, 0.3) is 0 Å². The van der Waals surface area contributed by atoms with Gasteiger partial charge in [-0.3, -0.25) is 19.2 Å². The number of piperazine rings is 1. The highest BCUT2D eigenvalue weighted by Crippen LogP contribution is 2.20. The lowest BCUT2D eigenvalue weighted by atomic mass is 10.2. The molecule has 0 aliphatic carbocycles. The van der Waals surface area contributed by atoms with Crippen molar-refractivity contribution in [2.24, 2.45) is 7.05 Å². The predicted octanol–water partition coefficient (Wildman–Crippen LogP) is 0.675. The summed E-state index contributed by atoms with van der Waals surface area (Å²) in [6, 6.07) is 0. The molecule has 0 spiro atoms. The van der Waals surface area contributed by atoms with E-state index in [2.05, 4.69) is 15.3 Å². The molecule has 0 atom stereocenters.